The molecule has 4 aliphatic rings. The van der Waals surface area contributed by atoms with Gasteiger partial charge in [0.25, 0.3) is 0 Å². The molecule has 7 nitrogen and oxygen atoms in total. The van der Waals surface area contributed by atoms with E-state index in [2.05, 4.69) is 10.2 Å². The molecule has 4 heterocycles. The quantitative estimate of drug-likeness (QED) is 0.445. The maximum Gasteiger partial charge on any atom is 0.408 e. The van der Waals surface area contributed by atoms with Crippen molar-refractivity contribution >= 4 is 6.09 Å². The minimum Gasteiger partial charge on any atom is -0.489 e. The van der Waals surface area contributed by atoms with Crippen molar-refractivity contribution in [1.82, 2.24) is 10.2 Å². The summed E-state index contributed by atoms with van der Waals surface area (Å²) in [5.41, 5.74) is 3.99. The topological polar surface area (TPSA) is 69.3 Å². The highest BCUT2D eigenvalue weighted by Gasteiger charge is 2.36. The van der Waals surface area contributed by atoms with Crippen LogP contribution in [0.15, 0.2) is 78.9 Å². The highest BCUT2D eigenvalue weighted by atomic mass is 16.7. The molecule has 0 radical (unpaired) electrons. The number of benzene rings is 3. The number of piperidine rings is 3. The Kier molecular flexibility index (Phi) is 7.58. The van der Waals surface area contributed by atoms with Crippen molar-refractivity contribution in [1.29, 1.82) is 0 Å². The highest BCUT2D eigenvalue weighted by molar-refractivity contribution is 5.69. The summed E-state index contributed by atoms with van der Waals surface area (Å²) in [7, 11) is 0. The third-order valence-corrected chi connectivity index (χ3v) is 7.72. The Bertz CT molecular complexity index is 1200. The maximum absolute atomic E-state index is 13.1. The molecule has 1 N–H and O–H groups in total. The van der Waals surface area contributed by atoms with E-state index in [4.69, 9.17) is 18.9 Å². The lowest BCUT2D eigenvalue weighted by Gasteiger charge is -2.43. The lowest BCUT2D eigenvalue weighted by molar-refractivity contribution is -0.0441. The molecule has 2 unspecified atom stereocenters. The number of carbonyl (C=O) groups is 1. The second-order valence-corrected chi connectivity index (χ2v) is 10.2. The summed E-state index contributed by atoms with van der Waals surface area (Å²) >= 11 is 0. The molecular formula is C31H34N2O5. The van der Waals surface area contributed by atoms with Crippen LogP contribution in [0, 0.1) is 5.92 Å². The first-order valence-corrected chi connectivity index (χ1v) is 13.5. The van der Waals surface area contributed by atoms with E-state index in [0.717, 1.165) is 60.5 Å². The van der Waals surface area contributed by atoms with Gasteiger partial charge in [0.05, 0.1) is 19.3 Å². The average molecular weight is 515 g/mol. The molecule has 4 saturated heterocycles. The minimum atomic E-state index is -0.376. The highest BCUT2D eigenvalue weighted by Crippen LogP contribution is 2.31. The Labute approximate surface area is 223 Å². The van der Waals surface area contributed by atoms with Gasteiger partial charge in [0.1, 0.15) is 18.5 Å². The van der Waals surface area contributed by atoms with Crippen LogP contribution in [0.25, 0.3) is 0 Å². The second kappa shape index (κ2) is 11.6. The van der Waals surface area contributed by atoms with Crippen LogP contribution in [0.5, 0.6) is 5.75 Å². The first-order valence-electron chi connectivity index (χ1n) is 13.5. The third kappa shape index (κ3) is 5.85. The summed E-state index contributed by atoms with van der Waals surface area (Å²) in [6.45, 7) is 4.74. The molecule has 4 aliphatic heterocycles. The Morgan fingerprint density at radius 3 is 2.37 bits per heavy atom. The molecule has 0 aliphatic carbocycles. The molecule has 38 heavy (non-hydrogen) atoms. The Morgan fingerprint density at radius 2 is 1.66 bits per heavy atom. The van der Waals surface area contributed by atoms with E-state index in [1.807, 2.05) is 78.9 Å². The maximum atomic E-state index is 13.1. The van der Waals surface area contributed by atoms with Gasteiger partial charge in [-0.1, -0.05) is 66.7 Å². The summed E-state index contributed by atoms with van der Waals surface area (Å²) in [5, 5.41) is 3.13. The van der Waals surface area contributed by atoms with Crippen molar-refractivity contribution in [2.75, 3.05) is 32.8 Å². The van der Waals surface area contributed by atoms with Gasteiger partial charge >= 0.3 is 6.09 Å². The van der Waals surface area contributed by atoms with Crippen LogP contribution in [-0.4, -0.2) is 49.9 Å². The number of alkyl carbamates (subject to hydrolysis) is 1. The number of rotatable bonds is 8. The van der Waals surface area contributed by atoms with Gasteiger partial charge in [-0.05, 0) is 60.7 Å². The molecule has 0 spiro atoms. The van der Waals surface area contributed by atoms with Crippen molar-refractivity contribution < 1.29 is 23.7 Å². The van der Waals surface area contributed by atoms with Gasteiger partial charge in [0.2, 0.25) is 0 Å². The minimum absolute atomic E-state index is 0.0400. The molecule has 198 valence electrons. The summed E-state index contributed by atoms with van der Waals surface area (Å²) in [4.78, 5) is 15.4. The zero-order chi connectivity index (χ0) is 25.7. The standard InChI is InChI=1S/C31H34N2O5/c34-31(38-28-20-33-15-13-23(28)14-16-33)32-29(24-5-2-1-3-6-24)26-7-4-8-27(19-26)37-21-22-9-11-25(12-10-22)30-35-17-18-36-30/h1-12,19,23,28-30H,13-18,20-21H2,(H,32,34). The first-order chi connectivity index (χ1) is 18.7. The van der Waals surface area contributed by atoms with E-state index in [1.54, 1.807) is 0 Å². The van der Waals surface area contributed by atoms with Crippen molar-refractivity contribution in [3.05, 3.63) is 101 Å². The molecule has 2 bridgehead atoms. The lowest BCUT2D eigenvalue weighted by Crippen LogP contribution is -2.52. The van der Waals surface area contributed by atoms with Crippen LogP contribution in [0.4, 0.5) is 4.79 Å². The predicted octanol–water partition coefficient (Wildman–Crippen LogP) is 5.22. The van der Waals surface area contributed by atoms with Gasteiger partial charge in [0.15, 0.2) is 6.29 Å². The smallest absolute Gasteiger partial charge is 0.408 e. The number of nitrogens with zero attached hydrogens (tertiary/aromatic N) is 1. The predicted molar refractivity (Wildman–Crippen MR) is 143 cm³/mol. The Morgan fingerprint density at radius 1 is 0.921 bits per heavy atom. The van der Waals surface area contributed by atoms with E-state index in [0.29, 0.717) is 25.7 Å². The van der Waals surface area contributed by atoms with E-state index in [9.17, 15) is 4.79 Å². The van der Waals surface area contributed by atoms with Crippen molar-refractivity contribution in [3.8, 4) is 5.75 Å². The van der Waals surface area contributed by atoms with Crippen molar-refractivity contribution in [2.24, 2.45) is 5.92 Å². The number of nitrogens with one attached hydrogen (secondary N) is 1. The third-order valence-electron chi connectivity index (χ3n) is 7.72. The number of amides is 1. The fourth-order valence-corrected chi connectivity index (χ4v) is 5.61. The Balaban J connectivity index is 1.13. The summed E-state index contributed by atoms with van der Waals surface area (Å²) in [6.07, 6.45) is 1.51. The van der Waals surface area contributed by atoms with Crippen molar-refractivity contribution in [2.45, 2.75) is 37.9 Å². The van der Waals surface area contributed by atoms with E-state index >= 15 is 0 Å². The Hall–Kier alpha value is -3.39. The zero-order valence-electron chi connectivity index (χ0n) is 21.5. The average Bonchev–Trinajstić information content (AvgIpc) is 3.52. The van der Waals surface area contributed by atoms with Gasteiger partial charge in [-0.25, -0.2) is 4.79 Å². The molecule has 0 aromatic heterocycles. The van der Waals surface area contributed by atoms with Gasteiger partial charge in [-0.3, -0.25) is 4.90 Å². The fourth-order valence-electron chi connectivity index (χ4n) is 5.61. The summed E-state index contributed by atoms with van der Waals surface area (Å²) in [5.74, 6) is 1.20. The van der Waals surface area contributed by atoms with Crippen LogP contribution < -0.4 is 10.1 Å². The number of carbonyl (C=O) groups excluding carboxylic acids is 1. The van der Waals surface area contributed by atoms with Crippen LogP contribution in [0.3, 0.4) is 0 Å². The number of hydrogen-bond acceptors (Lipinski definition) is 6. The van der Waals surface area contributed by atoms with Gasteiger partial charge < -0.3 is 24.3 Å². The summed E-state index contributed by atoms with van der Waals surface area (Å²) in [6, 6.07) is 25.6. The van der Waals surface area contributed by atoms with E-state index in [1.165, 1.54) is 0 Å². The SMILES string of the molecule is O=C(NC(c1ccccc1)c1cccc(OCc2ccc(C3OCCO3)cc2)c1)OC1CN2CCC1CC2. The molecule has 2 atom stereocenters. The fraction of sp³-hybridized carbons (Fsp3) is 0.387. The number of hydrogen-bond donors (Lipinski definition) is 1. The molecule has 4 fully saturated rings. The molecule has 1 amide bonds. The molecular weight excluding hydrogens is 480 g/mol. The van der Waals surface area contributed by atoms with Gasteiger partial charge in [-0.2, -0.15) is 0 Å². The molecule has 3 aromatic rings. The van der Waals surface area contributed by atoms with Gasteiger partial charge in [0, 0.05) is 12.1 Å². The molecule has 7 heteroatoms. The zero-order valence-corrected chi connectivity index (χ0v) is 21.5. The number of fused-ring (bicyclic) bond motifs is 3. The summed E-state index contributed by atoms with van der Waals surface area (Å²) < 4.78 is 23.2. The lowest BCUT2D eigenvalue weighted by atomic mass is 9.86. The molecule has 0 saturated carbocycles. The van der Waals surface area contributed by atoms with Crippen molar-refractivity contribution in [3.63, 3.8) is 0 Å². The monoisotopic (exact) mass is 514 g/mol. The largest absolute Gasteiger partial charge is 0.489 e. The molecule has 3 aromatic carbocycles. The normalized spacial score (nSPS) is 23.6. The van der Waals surface area contributed by atoms with E-state index in [-0.39, 0.29) is 24.5 Å². The van der Waals surface area contributed by atoms with Crippen LogP contribution in [0.1, 0.15) is 47.4 Å². The molecule has 7 rings (SSSR count). The first kappa shape index (κ1) is 24.9. The number of ether oxygens (including phenoxy) is 4. The van der Waals surface area contributed by atoms with Gasteiger partial charge in [-0.15, -0.1) is 0 Å². The van der Waals surface area contributed by atoms with Crippen LogP contribution in [0.2, 0.25) is 0 Å². The van der Waals surface area contributed by atoms with E-state index < -0.39 is 0 Å². The second-order valence-electron chi connectivity index (χ2n) is 10.2. The van der Waals surface area contributed by atoms with Crippen LogP contribution >= 0.6 is 0 Å². The van der Waals surface area contributed by atoms with Crippen LogP contribution in [-0.2, 0) is 20.8 Å².